The molecule has 10 heteroatoms. The zero-order valence-corrected chi connectivity index (χ0v) is 14.0. The molecule has 8 nitrogen and oxygen atoms in total. The van der Waals surface area contributed by atoms with Crippen LogP contribution in [0, 0.1) is 10.1 Å². The first-order valence-electron chi connectivity index (χ1n) is 6.77. The van der Waals surface area contributed by atoms with Crippen LogP contribution in [-0.2, 0) is 4.74 Å². The van der Waals surface area contributed by atoms with Gasteiger partial charge in [0.25, 0.3) is 0 Å². The van der Waals surface area contributed by atoms with E-state index in [4.69, 9.17) is 28.6 Å². The fraction of sp³-hybridized carbons (Fsp3) is 0.385. The summed E-state index contributed by atoms with van der Waals surface area (Å²) in [5.74, 6) is -0.513. The van der Waals surface area contributed by atoms with Crippen molar-refractivity contribution >= 4 is 40.8 Å². The Morgan fingerprint density at radius 3 is 3.00 bits per heavy atom. The summed E-state index contributed by atoms with van der Waals surface area (Å²) in [6.07, 6.45) is 1.99. The van der Waals surface area contributed by atoms with Gasteiger partial charge in [-0.3, -0.25) is 15.5 Å². The Morgan fingerprint density at radius 2 is 2.35 bits per heavy atom. The number of hydrazone groups is 1. The van der Waals surface area contributed by atoms with Gasteiger partial charge >= 0.3 is 5.69 Å². The maximum absolute atomic E-state index is 10.8. The van der Waals surface area contributed by atoms with E-state index in [0.29, 0.717) is 19.8 Å². The Kier molecular flexibility index (Phi) is 8.23. The van der Waals surface area contributed by atoms with Crippen molar-refractivity contribution in [1.29, 1.82) is 0 Å². The molecule has 0 aliphatic rings. The summed E-state index contributed by atoms with van der Waals surface area (Å²) in [7, 11) is 0. The molecule has 0 bridgehead atoms. The molecule has 0 spiro atoms. The highest BCUT2D eigenvalue weighted by molar-refractivity contribution is 7.80. The molecular weight excluding hydrogens is 344 g/mol. The minimum atomic E-state index is -0.726. The second kappa shape index (κ2) is 9.93. The van der Waals surface area contributed by atoms with E-state index in [1.165, 1.54) is 12.3 Å². The number of benzene rings is 1. The zero-order chi connectivity index (χ0) is 17.2. The molecule has 126 valence electrons. The van der Waals surface area contributed by atoms with E-state index in [0.717, 1.165) is 12.5 Å². The molecule has 0 saturated carbocycles. The standard InChI is InChI=1S/C13H17ClN4O4S/c1-2-22-5-3-4-15-13(23)17-16-8-9-6-10(14)7-11(12(9)19)18(20)21/h6-8,19H,2-5H2,1H3,(H2,15,17,23)/b16-8+. The van der Waals surface area contributed by atoms with Crippen molar-refractivity contribution in [2.24, 2.45) is 5.10 Å². The fourth-order valence-electron chi connectivity index (χ4n) is 1.56. The molecule has 0 atom stereocenters. The third-order valence-corrected chi connectivity index (χ3v) is 3.06. The lowest BCUT2D eigenvalue weighted by molar-refractivity contribution is -0.385. The molecule has 0 unspecified atom stereocenters. The number of nitro benzene ring substituents is 1. The van der Waals surface area contributed by atoms with Gasteiger partial charge in [-0.2, -0.15) is 5.10 Å². The maximum Gasteiger partial charge on any atom is 0.312 e. The molecule has 0 heterocycles. The number of rotatable bonds is 8. The van der Waals surface area contributed by atoms with Crippen molar-refractivity contribution in [2.45, 2.75) is 13.3 Å². The second-order valence-electron chi connectivity index (χ2n) is 4.30. The van der Waals surface area contributed by atoms with Gasteiger partial charge in [0.15, 0.2) is 5.11 Å². The van der Waals surface area contributed by atoms with Crippen LogP contribution < -0.4 is 10.7 Å². The summed E-state index contributed by atoms with van der Waals surface area (Å²) in [5, 5.41) is 27.7. The summed E-state index contributed by atoms with van der Waals surface area (Å²) >= 11 is 10.8. The monoisotopic (exact) mass is 360 g/mol. The summed E-state index contributed by atoms with van der Waals surface area (Å²) in [5.41, 5.74) is 2.16. The molecule has 1 aromatic rings. The number of ether oxygens (including phenoxy) is 1. The number of halogens is 1. The Balaban J connectivity index is 2.55. The van der Waals surface area contributed by atoms with Crippen LogP contribution in [0.2, 0.25) is 5.02 Å². The average molecular weight is 361 g/mol. The molecular formula is C13H17ClN4O4S. The number of nitrogens with zero attached hydrogens (tertiary/aromatic N) is 2. The Bertz CT molecular complexity index is 598. The van der Waals surface area contributed by atoms with Crippen molar-refractivity contribution in [3.8, 4) is 5.75 Å². The molecule has 0 aromatic heterocycles. The van der Waals surface area contributed by atoms with E-state index in [2.05, 4.69) is 15.8 Å². The van der Waals surface area contributed by atoms with E-state index in [9.17, 15) is 15.2 Å². The van der Waals surface area contributed by atoms with Gasteiger partial charge in [-0.25, -0.2) is 0 Å². The van der Waals surface area contributed by atoms with Crippen LogP contribution >= 0.6 is 23.8 Å². The minimum absolute atomic E-state index is 0.107. The van der Waals surface area contributed by atoms with Crippen molar-refractivity contribution in [3.05, 3.63) is 32.8 Å². The first-order chi connectivity index (χ1) is 11.0. The Morgan fingerprint density at radius 1 is 1.61 bits per heavy atom. The number of thiocarbonyl (C=S) groups is 1. The number of hydrogen-bond acceptors (Lipinski definition) is 6. The highest BCUT2D eigenvalue weighted by atomic mass is 35.5. The molecule has 1 aromatic carbocycles. The molecule has 1 rings (SSSR count). The van der Waals surface area contributed by atoms with Crippen LogP contribution in [0.25, 0.3) is 0 Å². The van der Waals surface area contributed by atoms with Gasteiger partial charge in [0, 0.05) is 36.4 Å². The van der Waals surface area contributed by atoms with E-state index in [-0.39, 0.29) is 15.7 Å². The largest absolute Gasteiger partial charge is 0.502 e. The number of aromatic hydroxyl groups is 1. The fourth-order valence-corrected chi connectivity index (χ4v) is 1.94. The summed E-state index contributed by atoms with van der Waals surface area (Å²) in [4.78, 5) is 10.1. The van der Waals surface area contributed by atoms with E-state index >= 15 is 0 Å². The average Bonchev–Trinajstić information content (AvgIpc) is 2.49. The summed E-state index contributed by atoms with van der Waals surface area (Å²) < 4.78 is 5.18. The van der Waals surface area contributed by atoms with E-state index < -0.39 is 16.4 Å². The number of phenolic OH excluding ortho intramolecular Hbond substituents is 1. The van der Waals surface area contributed by atoms with Crippen LogP contribution in [0.3, 0.4) is 0 Å². The first kappa shape index (κ1) is 19.1. The maximum atomic E-state index is 10.8. The van der Waals surface area contributed by atoms with Gasteiger partial charge in [-0.05, 0) is 31.6 Å². The van der Waals surface area contributed by atoms with Gasteiger partial charge in [-0.1, -0.05) is 11.6 Å². The van der Waals surface area contributed by atoms with Crippen LogP contribution in [-0.4, -0.2) is 41.1 Å². The normalized spacial score (nSPS) is 10.7. The van der Waals surface area contributed by atoms with Crippen molar-refractivity contribution in [2.75, 3.05) is 19.8 Å². The molecule has 0 radical (unpaired) electrons. The lowest BCUT2D eigenvalue weighted by Gasteiger charge is -2.07. The molecule has 0 saturated heterocycles. The molecule has 0 aliphatic carbocycles. The Hall–Kier alpha value is -1.97. The van der Waals surface area contributed by atoms with Gasteiger partial charge in [-0.15, -0.1) is 0 Å². The number of hydrogen-bond donors (Lipinski definition) is 3. The highest BCUT2D eigenvalue weighted by Crippen LogP contribution is 2.32. The smallest absolute Gasteiger partial charge is 0.312 e. The highest BCUT2D eigenvalue weighted by Gasteiger charge is 2.17. The molecule has 0 fully saturated rings. The minimum Gasteiger partial charge on any atom is -0.502 e. The SMILES string of the molecule is CCOCCCNC(=S)N/N=C/c1cc(Cl)cc([N+](=O)[O-])c1O. The van der Waals surface area contributed by atoms with Crippen LogP contribution in [0.4, 0.5) is 5.69 Å². The number of nitro groups is 1. The van der Waals surface area contributed by atoms with Gasteiger partial charge in [0.2, 0.25) is 5.75 Å². The summed E-state index contributed by atoms with van der Waals surface area (Å²) in [6, 6.07) is 2.42. The predicted molar refractivity (Wildman–Crippen MR) is 92.2 cm³/mol. The van der Waals surface area contributed by atoms with Crippen LogP contribution in [0.5, 0.6) is 5.75 Å². The van der Waals surface area contributed by atoms with Crippen molar-refractivity contribution in [3.63, 3.8) is 0 Å². The van der Waals surface area contributed by atoms with Gasteiger partial charge in [0.1, 0.15) is 0 Å². The lowest BCUT2D eigenvalue weighted by atomic mass is 10.2. The summed E-state index contributed by atoms with van der Waals surface area (Å²) in [6.45, 7) is 3.84. The lowest BCUT2D eigenvalue weighted by Crippen LogP contribution is -2.33. The third kappa shape index (κ3) is 6.76. The molecule has 23 heavy (non-hydrogen) atoms. The number of nitrogens with one attached hydrogen (secondary N) is 2. The topological polar surface area (TPSA) is 109 Å². The number of phenols is 1. The predicted octanol–water partition coefficient (Wildman–Crippen LogP) is 2.18. The Labute approximate surface area is 143 Å². The van der Waals surface area contributed by atoms with Crippen molar-refractivity contribution in [1.82, 2.24) is 10.7 Å². The van der Waals surface area contributed by atoms with E-state index in [1.807, 2.05) is 6.92 Å². The van der Waals surface area contributed by atoms with Gasteiger partial charge in [0.05, 0.1) is 11.1 Å². The third-order valence-electron chi connectivity index (χ3n) is 2.61. The quantitative estimate of drug-likeness (QED) is 0.214. The van der Waals surface area contributed by atoms with Crippen LogP contribution in [0.15, 0.2) is 17.2 Å². The first-order valence-corrected chi connectivity index (χ1v) is 7.55. The zero-order valence-electron chi connectivity index (χ0n) is 12.4. The van der Waals surface area contributed by atoms with E-state index in [1.54, 1.807) is 0 Å². The molecule has 0 amide bonds. The van der Waals surface area contributed by atoms with Gasteiger partial charge < -0.3 is 15.2 Å². The molecule has 0 aliphatic heterocycles. The van der Waals surface area contributed by atoms with Crippen LogP contribution in [0.1, 0.15) is 18.9 Å². The second-order valence-corrected chi connectivity index (χ2v) is 5.14. The molecule has 3 N–H and O–H groups in total. The van der Waals surface area contributed by atoms with Crippen molar-refractivity contribution < 1.29 is 14.8 Å².